The summed E-state index contributed by atoms with van der Waals surface area (Å²) < 4.78 is 11.6. The molecule has 0 saturated carbocycles. The number of amides is 3. The first-order valence-electron chi connectivity index (χ1n) is 8.07. The first-order valence-corrected chi connectivity index (χ1v) is 9.96. The molecular weight excluding hydrogens is 471 g/mol. The summed E-state index contributed by atoms with van der Waals surface area (Å²) >= 11 is 3.32. The molecule has 1 rings (SSSR count). The summed E-state index contributed by atoms with van der Waals surface area (Å²) in [5.74, 6) is -1.09. The van der Waals surface area contributed by atoms with Gasteiger partial charge in [-0.3, -0.25) is 15.4 Å². The standard InChI is InChI=1S/C17H25IN2O5S/c1-8-24-13(21)10-9(2)11(18)26-12(10)19-15(23)20-14(22)17(6,7)25-16(3,4)5/h8H2,1-7H3,(H2,19,20,22,23). The fourth-order valence-electron chi connectivity index (χ4n) is 2.22. The zero-order valence-corrected chi connectivity index (χ0v) is 19.0. The second kappa shape index (κ2) is 8.66. The topological polar surface area (TPSA) is 93.7 Å². The van der Waals surface area contributed by atoms with Gasteiger partial charge in [-0.15, -0.1) is 11.3 Å². The first kappa shape index (κ1) is 22.8. The summed E-state index contributed by atoms with van der Waals surface area (Å²) in [6.07, 6.45) is 0. The van der Waals surface area contributed by atoms with Crippen LogP contribution in [0.1, 0.15) is 57.5 Å². The average molecular weight is 496 g/mol. The summed E-state index contributed by atoms with van der Waals surface area (Å²) in [6.45, 7) is 12.4. The van der Waals surface area contributed by atoms with Crippen molar-refractivity contribution >= 4 is 56.8 Å². The van der Waals surface area contributed by atoms with E-state index in [9.17, 15) is 14.4 Å². The van der Waals surface area contributed by atoms with Gasteiger partial charge in [0.05, 0.1) is 20.7 Å². The highest BCUT2D eigenvalue weighted by Gasteiger charge is 2.34. The van der Waals surface area contributed by atoms with Crippen molar-refractivity contribution in [3.63, 3.8) is 0 Å². The van der Waals surface area contributed by atoms with E-state index in [1.54, 1.807) is 27.7 Å². The van der Waals surface area contributed by atoms with E-state index in [0.29, 0.717) is 10.6 Å². The Labute approximate surface area is 171 Å². The fourth-order valence-corrected chi connectivity index (χ4v) is 4.07. The lowest BCUT2D eigenvalue weighted by Gasteiger charge is -2.32. The molecule has 146 valence electrons. The number of halogens is 1. The van der Waals surface area contributed by atoms with Crippen LogP contribution in [0.25, 0.3) is 0 Å². The van der Waals surface area contributed by atoms with Gasteiger partial charge in [-0.1, -0.05) is 0 Å². The van der Waals surface area contributed by atoms with Crippen molar-refractivity contribution in [3.8, 4) is 0 Å². The molecule has 9 heteroatoms. The number of carbonyl (C=O) groups excluding carboxylic acids is 3. The molecule has 0 saturated heterocycles. The monoisotopic (exact) mass is 496 g/mol. The minimum absolute atomic E-state index is 0.229. The van der Waals surface area contributed by atoms with E-state index < -0.39 is 29.1 Å². The van der Waals surface area contributed by atoms with Gasteiger partial charge in [0.2, 0.25) is 0 Å². The summed E-state index contributed by atoms with van der Waals surface area (Å²) in [5.41, 5.74) is -0.713. The Morgan fingerprint density at radius 1 is 1.15 bits per heavy atom. The highest BCUT2D eigenvalue weighted by molar-refractivity contribution is 14.1. The van der Waals surface area contributed by atoms with Crippen LogP contribution in [0, 0.1) is 9.81 Å². The predicted molar refractivity (Wildman–Crippen MR) is 110 cm³/mol. The van der Waals surface area contributed by atoms with E-state index >= 15 is 0 Å². The van der Waals surface area contributed by atoms with Crippen LogP contribution >= 0.6 is 33.9 Å². The minimum atomic E-state index is -1.20. The number of thiophene rings is 1. The van der Waals surface area contributed by atoms with E-state index in [1.807, 2.05) is 20.8 Å². The van der Waals surface area contributed by atoms with Crippen molar-refractivity contribution in [3.05, 3.63) is 14.0 Å². The van der Waals surface area contributed by atoms with Crippen molar-refractivity contribution in [2.75, 3.05) is 11.9 Å². The molecule has 1 aromatic rings. The third-order valence-corrected chi connectivity index (χ3v) is 5.60. The summed E-state index contributed by atoms with van der Waals surface area (Å²) in [4.78, 5) is 36.7. The molecule has 0 aliphatic carbocycles. The van der Waals surface area contributed by atoms with Gasteiger partial charge in [0.1, 0.15) is 10.6 Å². The summed E-state index contributed by atoms with van der Waals surface area (Å²) in [5, 5.41) is 5.16. The summed E-state index contributed by atoms with van der Waals surface area (Å²) in [7, 11) is 0. The lowest BCUT2D eigenvalue weighted by atomic mass is 10.1. The van der Waals surface area contributed by atoms with E-state index in [2.05, 4.69) is 33.2 Å². The fraction of sp³-hybridized carbons (Fsp3) is 0.588. The highest BCUT2D eigenvalue weighted by Crippen LogP contribution is 2.34. The Bertz CT molecular complexity index is 707. The molecule has 0 aliphatic heterocycles. The molecular formula is C17H25IN2O5S. The van der Waals surface area contributed by atoms with Gasteiger partial charge in [0.25, 0.3) is 5.91 Å². The maximum Gasteiger partial charge on any atom is 0.341 e. The molecule has 3 amide bonds. The average Bonchev–Trinajstić information content (AvgIpc) is 2.71. The van der Waals surface area contributed by atoms with Gasteiger partial charge in [-0.2, -0.15) is 0 Å². The molecule has 26 heavy (non-hydrogen) atoms. The number of hydrogen-bond donors (Lipinski definition) is 2. The van der Waals surface area contributed by atoms with Crippen LogP contribution in [0.4, 0.5) is 9.80 Å². The highest BCUT2D eigenvalue weighted by atomic mass is 127. The molecule has 0 bridgehead atoms. The smallest absolute Gasteiger partial charge is 0.341 e. The number of rotatable bonds is 5. The van der Waals surface area contributed by atoms with E-state index in [-0.39, 0.29) is 6.61 Å². The number of nitrogens with one attached hydrogen (secondary N) is 2. The van der Waals surface area contributed by atoms with Crippen molar-refractivity contribution in [1.82, 2.24) is 5.32 Å². The van der Waals surface area contributed by atoms with Gasteiger partial charge in [0.15, 0.2) is 0 Å². The van der Waals surface area contributed by atoms with E-state index in [0.717, 1.165) is 8.45 Å². The van der Waals surface area contributed by atoms with Crippen LogP contribution in [0.3, 0.4) is 0 Å². The number of hydrogen-bond acceptors (Lipinski definition) is 6. The second-order valence-electron chi connectivity index (χ2n) is 7.06. The predicted octanol–water partition coefficient (Wildman–Crippen LogP) is 4.08. The Balaban J connectivity index is 2.91. The quantitative estimate of drug-likeness (QED) is 0.474. The Morgan fingerprint density at radius 3 is 2.23 bits per heavy atom. The van der Waals surface area contributed by atoms with E-state index in [1.165, 1.54) is 11.3 Å². The number of imide groups is 1. The molecule has 0 radical (unpaired) electrons. The zero-order chi connectivity index (χ0) is 20.3. The number of anilines is 1. The maximum absolute atomic E-state index is 12.3. The van der Waals surface area contributed by atoms with Crippen molar-refractivity contribution in [2.24, 2.45) is 0 Å². The molecule has 0 spiro atoms. The van der Waals surface area contributed by atoms with Crippen LogP contribution < -0.4 is 10.6 Å². The largest absolute Gasteiger partial charge is 0.462 e. The molecule has 0 atom stereocenters. The van der Waals surface area contributed by atoms with Gasteiger partial charge in [-0.25, -0.2) is 9.59 Å². The molecule has 0 fully saturated rings. The lowest BCUT2D eigenvalue weighted by Crippen LogP contribution is -2.50. The molecule has 2 N–H and O–H groups in total. The van der Waals surface area contributed by atoms with Crippen molar-refractivity contribution in [1.29, 1.82) is 0 Å². The first-order chi connectivity index (χ1) is 11.8. The molecule has 0 unspecified atom stereocenters. The van der Waals surface area contributed by atoms with E-state index in [4.69, 9.17) is 9.47 Å². The Morgan fingerprint density at radius 2 is 1.73 bits per heavy atom. The second-order valence-corrected chi connectivity index (χ2v) is 9.89. The normalized spacial score (nSPS) is 11.8. The summed E-state index contributed by atoms with van der Waals surface area (Å²) in [6, 6.07) is -0.733. The molecule has 1 aromatic heterocycles. The van der Waals surface area contributed by atoms with Crippen LogP contribution in [-0.2, 0) is 14.3 Å². The van der Waals surface area contributed by atoms with Crippen molar-refractivity contribution in [2.45, 2.75) is 59.7 Å². The van der Waals surface area contributed by atoms with Crippen LogP contribution in [-0.4, -0.2) is 35.7 Å². The number of ether oxygens (including phenoxy) is 2. The molecule has 0 aromatic carbocycles. The lowest BCUT2D eigenvalue weighted by molar-refractivity contribution is -0.158. The number of esters is 1. The van der Waals surface area contributed by atoms with Crippen LogP contribution in [0.2, 0.25) is 0 Å². The minimum Gasteiger partial charge on any atom is -0.462 e. The number of carbonyl (C=O) groups is 3. The maximum atomic E-state index is 12.3. The molecule has 1 heterocycles. The van der Waals surface area contributed by atoms with Gasteiger partial charge in [-0.05, 0) is 76.6 Å². The van der Waals surface area contributed by atoms with Crippen LogP contribution in [0.15, 0.2) is 0 Å². The number of urea groups is 1. The third kappa shape index (κ3) is 6.20. The Hall–Kier alpha value is -1.20. The molecule has 7 nitrogen and oxygen atoms in total. The van der Waals surface area contributed by atoms with Gasteiger partial charge >= 0.3 is 12.0 Å². The zero-order valence-electron chi connectivity index (χ0n) is 16.0. The van der Waals surface area contributed by atoms with Gasteiger partial charge < -0.3 is 9.47 Å². The Kier molecular flexibility index (Phi) is 7.61. The van der Waals surface area contributed by atoms with Gasteiger partial charge in [0, 0.05) is 0 Å². The molecule has 0 aliphatic rings. The van der Waals surface area contributed by atoms with Crippen molar-refractivity contribution < 1.29 is 23.9 Å². The third-order valence-electron chi connectivity index (χ3n) is 3.13. The SMILES string of the molecule is CCOC(=O)c1c(NC(=O)NC(=O)C(C)(C)OC(C)(C)C)sc(I)c1C. The van der Waals surface area contributed by atoms with Crippen LogP contribution in [0.5, 0.6) is 0 Å².